The molecule has 0 spiro atoms. The number of aromatic nitrogens is 3. The van der Waals surface area contributed by atoms with E-state index >= 15 is 0 Å². The molecule has 4 N–H and O–H groups in total. The highest BCUT2D eigenvalue weighted by Crippen LogP contribution is 2.25. The van der Waals surface area contributed by atoms with E-state index in [-0.39, 0.29) is 5.82 Å². The number of pyridine rings is 1. The largest absolute Gasteiger partial charge is 0.394 e. The first kappa shape index (κ1) is 10.5. The molecular formula is C12H10FN5. The van der Waals surface area contributed by atoms with Gasteiger partial charge in [0.25, 0.3) is 0 Å². The lowest BCUT2D eigenvalue weighted by atomic mass is 10.2. The molecule has 0 amide bonds. The second-order valence-electron chi connectivity index (χ2n) is 3.89. The summed E-state index contributed by atoms with van der Waals surface area (Å²) in [5, 5.41) is 4.86. The first-order valence-electron chi connectivity index (χ1n) is 5.30. The first-order chi connectivity index (χ1) is 8.66. The van der Waals surface area contributed by atoms with Gasteiger partial charge in [-0.1, -0.05) is 0 Å². The van der Waals surface area contributed by atoms with Gasteiger partial charge < -0.3 is 11.5 Å². The predicted molar refractivity (Wildman–Crippen MR) is 67.6 cm³/mol. The molecule has 0 bridgehead atoms. The maximum absolute atomic E-state index is 13.1. The monoisotopic (exact) mass is 243 g/mol. The molecule has 0 saturated carbocycles. The summed E-state index contributed by atoms with van der Waals surface area (Å²) < 4.78 is 14.7. The van der Waals surface area contributed by atoms with Gasteiger partial charge in [0.1, 0.15) is 5.82 Å². The molecule has 0 saturated heterocycles. The van der Waals surface area contributed by atoms with Crippen LogP contribution in [-0.2, 0) is 0 Å². The topological polar surface area (TPSA) is 82.8 Å². The van der Waals surface area contributed by atoms with Crippen molar-refractivity contribution in [1.82, 2.24) is 14.8 Å². The van der Waals surface area contributed by atoms with Crippen molar-refractivity contribution >= 4 is 22.4 Å². The van der Waals surface area contributed by atoms with Gasteiger partial charge in [-0.3, -0.25) is 4.98 Å². The van der Waals surface area contributed by atoms with E-state index in [9.17, 15) is 4.39 Å². The van der Waals surface area contributed by atoms with E-state index in [0.717, 1.165) is 5.39 Å². The van der Waals surface area contributed by atoms with Crippen LogP contribution in [0.25, 0.3) is 16.6 Å². The quantitative estimate of drug-likeness (QED) is 0.681. The molecule has 3 aromatic rings. The van der Waals surface area contributed by atoms with E-state index < -0.39 is 0 Å². The molecule has 0 unspecified atom stereocenters. The normalized spacial score (nSPS) is 10.9. The Bertz CT molecular complexity index is 734. The minimum atomic E-state index is -0.333. The van der Waals surface area contributed by atoms with Gasteiger partial charge >= 0.3 is 0 Å². The van der Waals surface area contributed by atoms with Gasteiger partial charge in [0, 0.05) is 17.6 Å². The van der Waals surface area contributed by atoms with Crippen molar-refractivity contribution in [2.75, 3.05) is 11.5 Å². The van der Waals surface area contributed by atoms with Crippen LogP contribution in [0.5, 0.6) is 0 Å². The zero-order valence-electron chi connectivity index (χ0n) is 9.34. The van der Waals surface area contributed by atoms with Crippen molar-refractivity contribution in [2.24, 2.45) is 0 Å². The highest BCUT2D eigenvalue weighted by atomic mass is 19.1. The van der Waals surface area contributed by atoms with Crippen LogP contribution in [0.3, 0.4) is 0 Å². The third kappa shape index (κ3) is 1.46. The molecule has 0 aliphatic rings. The van der Waals surface area contributed by atoms with E-state index in [1.807, 2.05) is 0 Å². The van der Waals surface area contributed by atoms with Crippen LogP contribution in [0.2, 0.25) is 0 Å². The van der Waals surface area contributed by atoms with Crippen LogP contribution >= 0.6 is 0 Å². The summed E-state index contributed by atoms with van der Waals surface area (Å²) in [6.45, 7) is 0. The number of benzene rings is 1. The number of nitrogens with zero attached hydrogens (tertiary/aromatic N) is 3. The number of hydrogen-bond donors (Lipinski definition) is 2. The molecule has 90 valence electrons. The van der Waals surface area contributed by atoms with Crippen molar-refractivity contribution in [1.29, 1.82) is 0 Å². The molecule has 0 radical (unpaired) electrons. The smallest absolute Gasteiger partial charge is 0.150 e. The van der Waals surface area contributed by atoms with Gasteiger partial charge in [0.15, 0.2) is 5.82 Å². The summed E-state index contributed by atoms with van der Waals surface area (Å²) in [5.74, 6) is 0.0203. The Kier molecular flexibility index (Phi) is 2.16. The van der Waals surface area contributed by atoms with Gasteiger partial charge in [0.2, 0.25) is 0 Å². The highest BCUT2D eigenvalue weighted by Gasteiger charge is 2.10. The van der Waals surface area contributed by atoms with Crippen molar-refractivity contribution < 1.29 is 4.39 Å². The lowest BCUT2D eigenvalue weighted by molar-refractivity contribution is 0.629. The molecule has 0 aliphatic heterocycles. The Hall–Kier alpha value is -2.63. The number of hydrogen-bond acceptors (Lipinski definition) is 4. The summed E-state index contributed by atoms with van der Waals surface area (Å²) in [4.78, 5) is 4.11. The number of rotatable bonds is 1. The zero-order valence-corrected chi connectivity index (χ0v) is 9.34. The molecule has 0 atom stereocenters. The summed E-state index contributed by atoms with van der Waals surface area (Å²) >= 11 is 0. The van der Waals surface area contributed by atoms with Gasteiger partial charge in [-0.05, 0) is 18.2 Å². The lowest BCUT2D eigenvalue weighted by Crippen LogP contribution is -2.04. The third-order valence-electron chi connectivity index (χ3n) is 2.75. The van der Waals surface area contributed by atoms with Crippen LogP contribution in [0.1, 0.15) is 0 Å². The standard InChI is InChI=1S/C12H10FN5/c13-7-1-2-8-10(5-7)16-4-3-11(8)18-12(15)9(14)6-17-18/h1-6H,14-15H2. The van der Waals surface area contributed by atoms with Crippen LogP contribution in [0.4, 0.5) is 15.9 Å². The van der Waals surface area contributed by atoms with Gasteiger partial charge in [0.05, 0.1) is 23.1 Å². The molecule has 0 aliphatic carbocycles. The molecule has 5 nitrogen and oxygen atoms in total. The van der Waals surface area contributed by atoms with E-state index in [1.165, 1.54) is 23.0 Å². The van der Waals surface area contributed by atoms with Crippen molar-refractivity contribution in [3.63, 3.8) is 0 Å². The lowest BCUT2D eigenvalue weighted by Gasteiger charge is -2.07. The molecule has 2 aromatic heterocycles. The number of halogens is 1. The Labute approximate surface area is 102 Å². The van der Waals surface area contributed by atoms with Gasteiger partial charge in [-0.15, -0.1) is 0 Å². The Morgan fingerprint density at radius 1 is 1.17 bits per heavy atom. The fourth-order valence-electron chi connectivity index (χ4n) is 1.85. The van der Waals surface area contributed by atoms with Crippen LogP contribution in [0.15, 0.2) is 36.7 Å². The van der Waals surface area contributed by atoms with E-state index in [0.29, 0.717) is 22.7 Å². The predicted octanol–water partition coefficient (Wildman–Crippen LogP) is 1.72. The minimum Gasteiger partial charge on any atom is -0.394 e. The van der Waals surface area contributed by atoms with Crippen molar-refractivity contribution in [2.45, 2.75) is 0 Å². The second-order valence-corrected chi connectivity index (χ2v) is 3.89. The average Bonchev–Trinajstić information content (AvgIpc) is 2.69. The summed E-state index contributed by atoms with van der Waals surface area (Å²) in [6, 6.07) is 6.13. The molecule has 18 heavy (non-hydrogen) atoms. The molecule has 0 fully saturated rings. The molecule has 3 rings (SSSR count). The molecule has 1 aromatic carbocycles. The molecule has 6 heteroatoms. The van der Waals surface area contributed by atoms with Gasteiger partial charge in [-0.25, -0.2) is 9.07 Å². The SMILES string of the molecule is Nc1cnn(-c2ccnc3cc(F)ccc23)c1N. The van der Waals surface area contributed by atoms with Crippen molar-refractivity contribution in [3.8, 4) is 5.69 Å². The summed E-state index contributed by atoms with van der Waals surface area (Å²) in [6.07, 6.45) is 3.06. The number of nitrogens with two attached hydrogens (primary N) is 2. The van der Waals surface area contributed by atoms with E-state index in [2.05, 4.69) is 10.1 Å². The number of nitrogen functional groups attached to an aromatic ring is 2. The van der Waals surface area contributed by atoms with E-state index in [1.54, 1.807) is 18.3 Å². The third-order valence-corrected chi connectivity index (χ3v) is 2.75. The minimum absolute atomic E-state index is 0.333. The van der Waals surface area contributed by atoms with Gasteiger partial charge in [-0.2, -0.15) is 5.10 Å². The maximum atomic E-state index is 13.1. The zero-order chi connectivity index (χ0) is 12.7. The van der Waals surface area contributed by atoms with Crippen LogP contribution < -0.4 is 11.5 Å². The number of anilines is 2. The molecular weight excluding hydrogens is 233 g/mol. The Morgan fingerprint density at radius 3 is 2.72 bits per heavy atom. The maximum Gasteiger partial charge on any atom is 0.150 e. The Morgan fingerprint density at radius 2 is 2.00 bits per heavy atom. The van der Waals surface area contributed by atoms with E-state index in [4.69, 9.17) is 11.5 Å². The fourth-order valence-corrected chi connectivity index (χ4v) is 1.85. The number of fused-ring (bicyclic) bond motifs is 1. The summed E-state index contributed by atoms with van der Waals surface area (Å²) in [7, 11) is 0. The molecule has 2 heterocycles. The van der Waals surface area contributed by atoms with Crippen LogP contribution in [-0.4, -0.2) is 14.8 Å². The average molecular weight is 243 g/mol. The Balaban J connectivity index is 2.33. The fraction of sp³-hybridized carbons (Fsp3) is 0. The first-order valence-corrected chi connectivity index (χ1v) is 5.30. The second kappa shape index (κ2) is 3.69. The highest BCUT2D eigenvalue weighted by molar-refractivity contribution is 5.87. The van der Waals surface area contributed by atoms with Crippen LogP contribution in [0, 0.1) is 5.82 Å². The van der Waals surface area contributed by atoms with Crippen molar-refractivity contribution in [3.05, 3.63) is 42.5 Å². The summed E-state index contributed by atoms with van der Waals surface area (Å²) in [5.41, 5.74) is 13.2.